The van der Waals surface area contributed by atoms with Crippen molar-refractivity contribution in [2.75, 3.05) is 51.7 Å². The molecule has 2 saturated heterocycles. The van der Waals surface area contributed by atoms with Crippen molar-refractivity contribution in [1.29, 1.82) is 0 Å². The molecular formula is C24H31N5O3S. The summed E-state index contributed by atoms with van der Waals surface area (Å²) in [5.41, 5.74) is 2.87. The number of thioether (sulfide) groups is 1. The molecule has 8 nitrogen and oxygen atoms in total. The van der Waals surface area contributed by atoms with E-state index in [0.29, 0.717) is 25.5 Å². The van der Waals surface area contributed by atoms with Crippen LogP contribution in [0, 0.1) is 0 Å². The molecule has 33 heavy (non-hydrogen) atoms. The fourth-order valence-corrected chi connectivity index (χ4v) is 5.81. The molecule has 1 aromatic rings. The maximum absolute atomic E-state index is 12.6. The topological polar surface area (TPSA) is 90.0 Å². The van der Waals surface area contributed by atoms with Crippen molar-refractivity contribution in [2.45, 2.75) is 31.3 Å². The average molecular weight is 470 g/mol. The van der Waals surface area contributed by atoms with E-state index in [0.717, 1.165) is 67.4 Å². The Hall–Kier alpha value is -2.36. The molecule has 1 aliphatic carbocycles. The number of allylic oxidation sites excluding steroid dienone is 2. The molecule has 1 aromatic heterocycles. The van der Waals surface area contributed by atoms with Crippen molar-refractivity contribution in [3.63, 3.8) is 0 Å². The summed E-state index contributed by atoms with van der Waals surface area (Å²) in [6.07, 6.45) is 11.0. The molecule has 4 aliphatic rings. The van der Waals surface area contributed by atoms with Crippen molar-refractivity contribution in [2.24, 2.45) is 4.99 Å². The molecule has 9 heteroatoms. The Morgan fingerprint density at radius 2 is 2.03 bits per heavy atom. The number of aliphatic imine (C=N–C) groups is 1. The predicted octanol–water partition coefficient (Wildman–Crippen LogP) is 2.14. The van der Waals surface area contributed by atoms with Gasteiger partial charge in [0.1, 0.15) is 5.69 Å². The number of carbonyl (C=O) groups excluding carboxylic acids is 2. The van der Waals surface area contributed by atoms with Crippen molar-refractivity contribution in [3.05, 3.63) is 47.3 Å². The number of nitrogens with zero attached hydrogens (tertiary/aromatic N) is 3. The summed E-state index contributed by atoms with van der Waals surface area (Å²) in [7, 11) is 0. The minimum absolute atomic E-state index is 0.0159. The van der Waals surface area contributed by atoms with Gasteiger partial charge in [-0.2, -0.15) is 0 Å². The summed E-state index contributed by atoms with van der Waals surface area (Å²) in [6.45, 7) is 5.10. The van der Waals surface area contributed by atoms with Crippen LogP contribution in [0.2, 0.25) is 0 Å². The number of rotatable bonds is 6. The minimum atomic E-state index is -0.0159. The van der Waals surface area contributed by atoms with E-state index in [-0.39, 0.29) is 23.9 Å². The number of likely N-dealkylation sites (tertiary alicyclic amines) is 1. The summed E-state index contributed by atoms with van der Waals surface area (Å²) in [6, 6.07) is 1.99. The van der Waals surface area contributed by atoms with Crippen LogP contribution in [0.5, 0.6) is 0 Å². The Kier molecular flexibility index (Phi) is 6.99. The number of morpholine rings is 1. The molecule has 4 heterocycles. The monoisotopic (exact) mass is 469 g/mol. The molecule has 2 amide bonds. The van der Waals surface area contributed by atoms with Crippen molar-refractivity contribution in [3.8, 4) is 0 Å². The number of aromatic amines is 1. The molecule has 0 spiro atoms. The number of nitrogens with one attached hydrogen (secondary N) is 2. The lowest BCUT2D eigenvalue weighted by atomic mass is 10.0. The molecule has 2 N–H and O–H groups in total. The van der Waals surface area contributed by atoms with Gasteiger partial charge in [-0.25, -0.2) is 0 Å². The summed E-state index contributed by atoms with van der Waals surface area (Å²) in [5, 5.41) is 4.18. The van der Waals surface area contributed by atoms with Crippen LogP contribution in [0.15, 0.2) is 41.1 Å². The lowest BCUT2D eigenvalue weighted by Crippen LogP contribution is -2.45. The van der Waals surface area contributed by atoms with E-state index in [2.05, 4.69) is 21.3 Å². The number of ether oxygens (including phenoxy) is 1. The Labute approximate surface area is 198 Å². The van der Waals surface area contributed by atoms with Gasteiger partial charge < -0.3 is 19.9 Å². The van der Waals surface area contributed by atoms with Crippen LogP contribution in [0.1, 0.15) is 41.4 Å². The summed E-state index contributed by atoms with van der Waals surface area (Å²) in [5.74, 6) is 0.998. The maximum Gasteiger partial charge on any atom is 0.270 e. The maximum atomic E-state index is 12.6. The van der Waals surface area contributed by atoms with Gasteiger partial charge in [0.2, 0.25) is 5.91 Å². The van der Waals surface area contributed by atoms with Crippen LogP contribution in [0.3, 0.4) is 0 Å². The zero-order chi connectivity index (χ0) is 22.6. The summed E-state index contributed by atoms with van der Waals surface area (Å²) < 4.78 is 5.35. The second-order valence-corrected chi connectivity index (χ2v) is 9.96. The smallest absolute Gasteiger partial charge is 0.270 e. The van der Waals surface area contributed by atoms with E-state index < -0.39 is 0 Å². The number of hydrogen-bond donors (Lipinski definition) is 2. The van der Waals surface area contributed by atoms with Gasteiger partial charge in [0.25, 0.3) is 5.91 Å². The molecule has 0 aromatic carbocycles. The average Bonchev–Trinajstić information content (AvgIpc) is 3.61. The van der Waals surface area contributed by atoms with Crippen LogP contribution in [-0.2, 0) is 9.53 Å². The number of carbonyl (C=O) groups is 2. The highest BCUT2D eigenvalue weighted by atomic mass is 32.2. The van der Waals surface area contributed by atoms with E-state index >= 15 is 0 Å². The molecule has 0 saturated carbocycles. The second kappa shape index (κ2) is 10.3. The minimum Gasteiger partial charge on any atom is -0.379 e. The molecule has 3 aliphatic heterocycles. The number of amides is 2. The fourth-order valence-electron chi connectivity index (χ4n) is 4.69. The van der Waals surface area contributed by atoms with Gasteiger partial charge in [-0.1, -0.05) is 18.2 Å². The first kappa shape index (κ1) is 22.4. The molecule has 2 unspecified atom stereocenters. The zero-order valence-electron chi connectivity index (χ0n) is 18.8. The largest absolute Gasteiger partial charge is 0.379 e. The quantitative estimate of drug-likeness (QED) is 0.666. The van der Waals surface area contributed by atoms with Crippen molar-refractivity contribution < 1.29 is 14.3 Å². The molecule has 2 atom stereocenters. The van der Waals surface area contributed by atoms with Crippen molar-refractivity contribution >= 4 is 28.6 Å². The molecule has 176 valence electrons. The first-order chi connectivity index (χ1) is 16.2. The van der Waals surface area contributed by atoms with E-state index in [1.165, 1.54) is 0 Å². The van der Waals surface area contributed by atoms with E-state index in [4.69, 9.17) is 9.73 Å². The zero-order valence-corrected chi connectivity index (χ0v) is 19.6. The Morgan fingerprint density at radius 3 is 2.85 bits per heavy atom. The van der Waals surface area contributed by atoms with E-state index in [1.54, 1.807) is 11.8 Å². The van der Waals surface area contributed by atoms with Crippen LogP contribution in [-0.4, -0.2) is 89.4 Å². The Bertz CT molecular complexity index is 972. The highest BCUT2D eigenvalue weighted by Crippen LogP contribution is 2.35. The second-order valence-electron chi connectivity index (χ2n) is 8.95. The lowest BCUT2D eigenvalue weighted by Gasteiger charge is -2.27. The standard InChI is InChI=1S/C24H31N5O3S/c30-22(15-28-8-10-32-11-9-28)26-19-5-3-4-17(12-19)23-27-21(16-33-23)18-13-20(25-14-18)24(31)29-6-1-2-7-29/h3-5,13-14,19,21,25H,1-2,6-12,15-16H2,(H,26,30). The van der Waals surface area contributed by atoms with Gasteiger partial charge in [-0.05, 0) is 36.5 Å². The number of hydrogen-bond acceptors (Lipinski definition) is 6. The van der Waals surface area contributed by atoms with Gasteiger partial charge >= 0.3 is 0 Å². The first-order valence-corrected chi connectivity index (χ1v) is 12.8. The van der Waals surface area contributed by atoms with Gasteiger partial charge in [-0.3, -0.25) is 19.5 Å². The molecule has 2 fully saturated rings. The summed E-state index contributed by atoms with van der Waals surface area (Å²) in [4.78, 5) is 37.3. The van der Waals surface area contributed by atoms with Crippen LogP contribution in [0.25, 0.3) is 0 Å². The van der Waals surface area contributed by atoms with Gasteiger partial charge in [0.05, 0.1) is 36.9 Å². The van der Waals surface area contributed by atoms with Gasteiger partial charge in [0, 0.05) is 38.1 Å². The SMILES string of the molecule is O=C(CN1CCOCC1)NC1C=CC=C(C2=NC(c3c[nH]c(C(=O)N4CCCC4)c3)CS2)C1. The number of aromatic nitrogens is 1. The highest BCUT2D eigenvalue weighted by molar-refractivity contribution is 8.14. The third kappa shape index (κ3) is 5.42. The summed E-state index contributed by atoms with van der Waals surface area (Å²) >= 11 is 1.75. The third-order valence-electron chi connectivity index (χ3n) is 6.54. The Morgan fingerprint density at radius 1 is 1.21 bits per heavy atom. The van der Waals surface area contributed by atoms with Gasteiger partial charge in [-0.15, -0.1) is 11.8 Å². The normalized spacial score (nSPS) is 25.8. The fraction of sp³-hybridized carbons (Fsp3) is 0.542. The number of H-pyrrole nitrogens is 1. The third-order valence-corrected chi connectivity index (χ3v) is 7.66. The molecular weight excluding hydrogens is 438 g/mol. The highest BCUT2D eigenvalue weighted by Gasteiger charge is 2.27. The van der Waals surface area contributed by atoms with Crippen molar-refractivity contribution in [1.82, 2.24) is 20.1 Å². The van der Waals surface area contributed by atoms with E-state index in [1.807, 2.05) is 29.3 Å². The molecule has 0 bridgehead atoms. The van der Waals surface area contributed by atoms with Gasteiger partial charge in [0.15, 0.2) is 0 Å². The Balaban J connectivity index is 1.16. The van der Waals surface area contributed by atoms with Crippen LogP contribution < -0.4 is 5.32 Å². The first-order valence-electron chi connectivity index (χ1n) is 11.8. The predicted molar refractivity (Wildman–Crippen MR) is 130 cm³/mol. The molecule has 5 rings (SSSR count). The molecule has 0 radical (unpaired) electrons. The van der Waals surface area contributed by atoms with Crippen LogP contribution in [0.4, 0.5) is 0 Å². The lowest BCUT2D eigenvalue weighted by molar-refractivity contribution is -0.123. The van der Waals surface area contributed by atoms with Crippen LogP contribution >= 0.6 is 11.8 Å². The van der Waals surface area contributed by atoms with E-state index in [9.17, 15) is 9.59 Å².